The van der Waals surface area contributed by atoms with Crippen LogP contribution in [0.2, 0.25) is 0 Å². The third-order valence-electron chi connectivity index (χ3n) is 3.80. The van der Waals surface area contributed by atoms with Gasteiger partial charge < -0.3 is 10.3 Å². The largest absolute Gasteiger partial charge is 0.338 e. The number of para-hydroxylation sites is 2. The van der Waals surface area contributed by atoms with Gasteiger partial charge in [-0.3, -0.25) is 10.9 Å². The number of aryl methyl sites for hydroxylation is 1. The highest BCUT2D eigenvalue weighted by molar-refractivity contribution is 7.80. The monoisotopic (exact) mass is 349 g/mol. The zero-order valence-corrected chi connectivity index (χ0v) is 14.2. The minimum atomic E-state index is 0.327. The van der Waals surface area contributed by atoms with Gasteiger partial charge in [0, 0.05) is 16.6 Å². The average Bonchev–Trinajstić information content (AvgIpc) is 3.00. The first-order valence-corrected chi connectivity index (χ1v) is 8.11. The number of nitrogens with one attached hydrogen (secondary N) is 4. The van der Waals surface area contributed by atoms with Gasteiger partial charge >= 0.3 is 0 Å². The second-order valence-electron chi connectivity index (χ2n) is 5.52. The van der Waals surface area contributed by atoms with Gasteiger partial charge in [0.15, 0.2) is 10.8 Å². The number of hydrazine groups is 1. The molecule has 4 rings (SSSR count). The van der Waals surface area contributed by atoms with E-state index in [-0.39, 0.29) is 0 Å². The standard InChI is InChI=1S/C17H15N7S/c1-10-6-2-4-8-12(10)19-17(25)24-23-16-20-15-14(21-22-16)11-7-3-5-9-13(11)18-15/h2-9H,1H3,(H2,19,24,25)(H2,18,20,22,23). The summed E-state index contributed by atoms with van der Waals surface area (Å²) in [5.74, 6) is 0.327. The predicted octanol–water partition coefficient (Wildman–Crippen LogP) is 3.13. The maximum absolute atomic E-state index is 5.27. The molecule has 0 fully saturated rings. The summed E-state index contributed by atoms with van der Waals surface area (Å²) in [7, 11) is 0. The van der Waals surface area contributed by atoms with Crippen LogP contribution in [0.5, 0.6) is 0 Å². The molecule has 7 nitrogen and oxygen atoms in total. The topological polar surface area (TPSA) is 90.5 Å². The molecule has 4 aromatic rings. The molecule has 8 heteroatoms. The molecule has 2 heterocycles. The van der Waals surface area contributed by atoms with E-state index in [1.165, 1.54) is 0 Å². The Morgan fingerprint density at radius 3 is 2.72 bits per heavy atom. The molecular weight excluding hydrogens is 334 g/mol. The Labute approximate surface area is 148 Å². The second-order valence-corrected chi connectivity index (χ2v) is 5.93. The van der Waals surface area contributed by atoms with Crippen molar-refractivity contribution < 1.29 is 0 Å². The number of nitrogens with zero attached hydrogens (tertiary/aromatic N) is 3. The summed E-state index contributed by atoms with van der Waals surface area (Å²) in [5.41, 5.74) is 10.1. The lowest BCUT2D eigenvalue weighted by molar-refractivity contribution is 0.972. The lowest BCUT2D eigenvalue weighted by atomic mass is 10.2. The summed E-state index contributed by atoms with van der Waals surface area (Å²) in [6, 6.07) is 15.8. The van der Waals surface area contributed by atoms with Gasteiger partial charge in [-0.25, -0.2) is 0 Å². The first-order chi connectivity index (χ1) is 12.2. The number of fused-ring (bicyclic) bond motifs is 3. The van der Waals surface area contributed by atoms with Crippen molar-refractivity contribution in [2.75, 3.05) is 10.7 Å². The first kappa shape index (κ1) is 15.3. The molecule has 0 radical (unpaired) electrons. The molecule has 0 unspecified atom stereocenters. The van der Waals surface area contributed by atoms with Gasteiger partial charge in [0.25, 0.3) is 5.95 Å². The van der Waals surface area contributed by atoms with Gasteiger partial charge in [-0.1, -0.05) is 36.4 Å². The van der Waals surface area contributed by atoms with Crippen LogP contribution in [0.25, 0.3) is 22.1 Å². The molecule has 0 saturated heterocycles. The number of thiocarbonyl (C=S) groups is 1. The van der Waals surface area contributed by atoms with E-state index in [1.54, 1.807) is 0 Å². The molecule has 0 aliphatic carbocycles. The predicted molar refractivity (Wildman–Crippen MR) is 103 cm³/mol. The van der Waals surface area contributed by atoms with E-state index in [2.05, 4.69) is 36.3 Å². The van der Waals surface area contributed by atoms with Crippen LogP contribution < -0.4 is 16.2 Å². The molecular formula is C17H15N7S. The summed E-state index contributed by atoms with van der Waals surface area (Å²) in [6.45, 7) is 2.01. The molecule has 0 bridgehead atoms. The summed E-state index contributed by atoms with van der Waals surface area (Å²) < 4.78 is 0. The van der Waals surface area contributed by atoms with Crippen molar-refractivity contribution in [3.8, 4) is 0 Å². The average molecular weight is 349 g/mol. The van der Waals surface area contributed by atoms with Crippen molar-refractivity contribution in [1.82, 2.24) is 25.6 Å². The molecule has 0 atom stereocenters. The van der Waals surface area contributed by atoms with E-state index >= 15 is 0 Å². The smallest absolute Gasteiger partial charge is 0.263 e. The van der Waals surface area contributed by atoms with E-state index in [9.17, 15) is 0 Å². The van der Waals surface area contributed by atoms with E-state index < -0.39 is 0 Å². The van der Waals surface area contributed by atoms with Crippen LogP contribution >= 0.6 is 12.2 Å². The van der Waals surface area contributed by atoms with Gasteiger partial charge in [0.1, 0.15) is 5.52 Å². The lowest BCUT2D eigenvalue weighted by Crippen LogP contribution is -2.34. The quantitative estimate of drug-likeness (QED) is 0.334. The summed E-state index contributed by atoms with van der Waals surface area (Å²) in [6.07, 6.45) is 0. The van der Waals surface area contributed by atoms with Gasteiger partial charge in [-0.15, -0.1) is 10.2 Å². The van der Waals surface area contributed by atoms with Crippen LogP contribution in [-0.2, 0) is 0 Å². The number of H-pyrrole nitrogens is 1. The second kappa shape index (κ2) is 6.33. The molecule has 2 aromatic carbocycles. The van der Waals surface area contributed by atoms with Crippen LogP contribution in [0.1, 0.15) is 5.56 Å². The number of benzene rings is 2. The zero-order chi connectivity index (χ0) is 17.2. The molecule has 4 N–H and O–H groups in total. The fraction of sp³-hybridized carbons (Fsp3) is 0.0588. The Bertz CT molecular complexity index is 1070. The normalized spacial score (nSPS) is 10.8. The number of aromatic amines is 1. The summed E-state index contributed by atoms with van der Waals surface area (Å²) in [4.78, 5) is 7.64. The van der Waals surface area contributed by atoms with E-state index in [1.807, 2.05) is 55.5 Å². The molecule has 0 amide bonds. The van der Waals surface area contributed by atoms with Crippen molar-refractivity contribution in [3.05, 3.63) is 54.1 Å². The Kier molecular flexibility index (Phi) is 3.87. The highest BCUT2D eigenvalue weighted by Gasteiger charge is 2.08. The minimum absolute atomic E-state index is 0.327. The van der Waals surface area contributed by atoms with Crippen molar-refractivity contribution in [3.63, 3.8) is 0 Å². The fourth-order valence-corrected chi connectivity index (χ4v) is 2.71. The highest BCUT2D eigenvalue weighted by atomic mass is 32.1. The Balaban J connectivity index is 1.48. The fourth-order valence-electron chi connectivity index (χ4n) is 2.55. The molecule has 0 spiro atoms. The molecule has 2 aromatic heterocycles. The van der Waals surface area contributed by atoms with Gasteiger partial charge in [-0.05, 0) is 36.8 Å². The number of anilines is 2. The Morgan fingerprint density at radius 2 is 1.84 bits per heavy atom. The molecule has 0 saturated carbocycles. The van der Waals surface area contributed by atoms with Gasteiger partial charge in [0.05, 0.1) is 0 Å². The summed E-state index contributed by atoms with van der Waals surface area (Å²) in [5, 5.41) is 12.8. The van der Waals surface area contributed by atoms with Gasteiger partial charge in [-0.2, -0.15) is 4.98 Å². The minimum Gasteiger partial charge on any atom is -0.338 e. The maximum atomic E-state index is 5.27. The SMILES string of the molecule is Cc1ccccc1NC(=S)NNc1nnc2c(n1)[nH]c1ccccc12. The molecule has 0 aliphatic rings. The number of aromatic nitrogens is 4. The van der Waals surface area contributed by atoms with E-state index in [4.69, 9.17) is 12.2 Å². The van der Waals surface area contributed by atoms with E-state index in [0.717, 1.165) is 27.7 Å². The van der Waals surface area contributed by atoms with Crippen LogP contribution in [-0.4, -0.2) is 25.3 Å². The first-order valence-electron chi connectivity index (χ1n) is 7.70. The van der Waals surface area contributed by atoms with Crippen LogP contribution in [0.15, 0.2) is 48.5 Å². The van der Waals surface area contributed by atoms with Crippen LogP contribution in [0.4, 0.5) is 11.6 Å². The van der Waals surface area contributed by atoms with Crippen molar-refractivity contribution in [1.29, 1.82) is 0 Å². The molecule has 124 valence electrons. The van der Waals surface area contributed by atoms with Crippen LogP contribution in [0.3, 0.4) is 0 Å². The molecule has 25 heavy (non-hydrogen) atoms. The summed E-state index contributed by atoms with van der Waals surface area (Å²) >= 11 is 5.27. The van der Waals surface area contributed by atoms with Crippen molar-refractivity contribution in [2.45, 2.75) is 6.92 Å². The van der Waals surface area contributed by atoms with Gasteiger partial charge in [0.2, 0.25) is 0 Å². The molecule has 0 aliphatic heterocycles. The van der Waals surface area contributed by atoms with Crippen molar-refractivity contribution >= 4 is 51.0 Å². The van der Waals surface area contributed by atoms with Crippen LogP contribution in [0, 0.1) is 6.92 Å². The number of rotatable bonds is 3. The zero-order valence-electron chi connectivity index (χ0n) is 13.4. The third kappa shape index (κ3) is 3.07. The number of hydrogen-bond acceptors (Lipinski definition) is 5. The van der Waals surface area contributed by atoms with Crippen molar-refractivity contribution in [2.24, 2.45) is 0 Å². The third-order valence-corrected chi connectivity index (χ3v) is 4.01. The van der Waals surface area contributed by atoms with E-state index in [0.29, 0.717) is 16.7 Å². The number of hydrogen-bond donors (Lipinski definition) is 4. The Hall–Kier alpha value is -3.26. The lowest BCUT2D eigenvalue weighted by Gasteiger charge is -2.12. The highest BCUT2D eigenvalue weighted by Crippen LogP contribution is 2.21. The maximum Gasteiger partial charge on any atom is 0.263 e. The Morgan fingerprint density at radius 1 is 1.04 bits per heavy atom.